The lowest BCUT2D eigenvalue weighted by molar-refractivity contribution is -0.144. The molecule has 6 heteroatoms. The quantitative estimate of drug-likeness (QED) is 0.634. The van der Waals surface area contributed by atoms with Gasteiger partial charge in [0.25, 0.3) is 0 Å². The first-order valence-electron chi connectivity index (χ1n) is 3.88. The molecule has 0 radical (unpaired) electrons. The number of carbonyl (C=O) groups excluding carboxylic acids is 1. The van der Waals surface area contributed by atoms with Crippen molar-refractivity contribution in [1.29, 1.82) is 0 Å². The summed E-state index contributed by atoms with van der Waals surface area (Å²) in [6.07, 6.45) is 0. The highest BCUT2D eigenvalue weighted by Crippen LogP contribution is 2.29. The number of esters is 1. The molecule has 15 heavy (non-hydrogen) atoms. The van der Waals surface area contributed by atoms with Gasteiger partial charge < -0.3 is 9.47 Å². The average Bonchev–Trinajstić information content (AvgIpc) is 2.20. The number of hydrogen-bond donors (Lipinski definition) is 0. The van der Waals surface area contributed by atoms with E-state index >= 15 is 0 Å². The molecule has 1 rings (SSSR count). The van der Waals surface area contributed by atoms with Gasteiger partial charge in [0, 0.05) is 5.02 Å². The lowest BCUT2D eigenvalue weighted by Crippen LogP contribution is -2.21. The highest BCUT2D eigenvalue weighted by atomic mass is 79.9. The maximum absolute atomic E-state index is 11.0. The van der Waals surface area contributed by atoms with Gasteiger partial charge in [0.05, 0.1) is 12.1 Å². The number of rotatable bonds is 3. The van der Waals surface area contributed by atoms with Gasteiger partial charge in [-0.1, -0.05) is 23.2 Å². The Bertz CT molecular complexity index is 370. The van der Waals surface area contributed by atoms with E-state index in [4.69, 9.17) is 27.9 Å². The Morgan fingerprint density at radius 2 is 2.13 bits per heavy atom. The highest BCUT2D eigenvalue weighted by molar-refractivity contribution is 9.09. The number of alkyl halides is 1. The maximum atomic E-state index is 11.0. The van der Waals surface area contributed by atoms with Crippen molar-refractivity contribution in [2.24, 2.45) is 0 Å². The first-order valence-corrected chi connectivity index (χ1v) is 5.55. The number of ether oxygens (including phenoxy) is 2. The van der Waals surface area contributed by atoms with Gasteiger partial charge in [0.2, 0.25) is 5.01 Å². The van der Waals surface area contributed by atoms with Crippen LogP contribution in [-0.4, -0.2) is 18.1 Å². The molecule has 0 bridgehead atoms. The van der Waals surface area contributed by atoms with Crippen LogP contribution in [0.15, 0.2) is 18.2 Å². The molecular weight excluding hydrogens is 307 g/mol. The summed E-state index contributed by atoms with van der Waals surface area (Å²) in [7, 11) is 1.27. The molecule has 82 valence electrons. The number of halogens is 3. The van der Waals surface area contributed by atoms with Gasteiger partial charge in [-0.2, -0.15) is 0 Å². The summed E-state index contributed by atoms with van der Waals surface area (Å²) >= 11 is 14.5. The van der Waals surface area contributed by atoms with Gasteiger partial charge in [-0.25, -0.2) is 4.79 Å². The number of carbonyl (C=O) groups is 1. The minimum atomic E-state index is -0.888. The normalized spacial score (nSPS) is 12.0. The van der Waals surface area contributed by atoms with E-state index in [1.807, 2.05) is 0 Å². The summed E-state index contributed by atoms with van der Waals surface area (Å²) in [6, 6.07) is 4.71. The fraction of sp³-hybridized carbons (Fsp3) is 0.222. The molecule has 0 heterocycles. The van der Waals surface area contributed by atoms with Crippen molar-refractivity contribution in [2.75, 3.05) is 7.11 Å². The van der Waals surface area contributed by atoms with Gasteiger partial charge >= 0.3 is 5.97 Å². The third kappa shape index (κ3) is 3.55. The van der Waals surface area contributed by atoms with E-state index in [-0.39, 0.29) is 0 Å². The third-order valence-corrected chi connectivity index (χ3v) is 2.60. The van der Waals surface area contributed by atoms with E-state index in [2.05, 4.69) is 20.7 Å². The standard InChI is InChI=1S/C9H7BrCl2O3/c1-14-9(13)8(10)15-7-3-2-5(11)4-6(7)12/h2-4,8H,1H3. The second-order valence-electron chi connectivity index (χ2n) is 2.53. The van der Waals surface area contributed by atoms with Crippen LogP contribution in [0.5, 0.6) is 5.75 Å². The van der Waals surface area contributed by atoms with Crippen molar-refractivity contribution in [3.8, 4) is 5.75 Å². The van der Waals surface area contributed by atoms with E-state index < -0.39 is 11.0 Å². The monoisotopic (exact) mass is 312 g/mol. The molecule has 3 nitrogen and oxygen atoms in total. The zero-order valence-corrected chi connectivity index (χ0v) is 10.8. The van der Waals surface area contributed by atoms with Crippen LogP contribution in [0.25, 0.3) is 0 Å². The average molecular weight is 314 g/mol. The molecule has 0 aliphatic carbocycles. The second kappa shape index (κ2) is 5.58. The van der Waals surface area contributed by atoms with Crippen LogP contribution in [0, 0.1) is 0 Å². The minimum Gasteiger partial charge on any atom is -0.466 e. The first kappa shape index (κ1) is 12.6. The molecule has 1 atom stereocenters. The molecule has 1 aromatic rings. The molecule has 0 amide bonds. The number of benzene rings is 1. The fourth-order valence-corrected chi connectivity index (χ4v) is 1.66. The number of hydrogen-bond acceptors (Lipinski definition) is 3. The van der Waals surface area contributed by atoms with Crippen molar-refractivity contribution in [1.82, 2.24) is 0 Å². The van der Waals surface area contributed by atoms with Crippen LogP contribution in [0.3, 0.4) is 0 Å². The van der Waals surface area contributed by atoms with Crippen molar-refractivity contribution >= 4 is 45.1 Å². The minimum absolute atomic E-state index is 0.329. The van der Waals surface area contributed by atoms with Crippen LogP contribution in [0.4, 0.5) is 0 Å². The Hall–Kier alpha value is -0.450. The summed E-state index contributed by atoms with van der Waals surface area (Å²) in [5.41, 5.74) is 0. The van der Waals surface area contributed by atoms with Crippen LogP contribution in [0.1, 0.15) is 0 Å². The zero-order valence-electron chi connectivity index (χ0n) is 7.67. The Morgan fingerprint density at radius 1 is 1.47 bits per heavy atom. The summed E-state index contributed by atoms with van der Waals surface area (Å²) < 4.78 is 9.67. The Kier molecular flexibility index (Phi) is 4.70. The van der Waals surface area contributed by atoms with Gasteiger partial charge in [0.1, 0.15) is 5.75 Å². The maximum Gasteiger partial charge on any atom is 0.358 e. The van der Waals surface area contributed by atoms with Gasteiger partial charge in [-0.05, 0) is 34.1 Å². The van der Waals surface area contributed by atoms with Crippen molar-refractivity contribution in [2.45, 2.75) is 5.01 Å². The van der Waals surface area contributed by atoms with E-state index in [0.717, 1.165) is 0 Å². The van der Waals surface area contributed by atoms with Crippen LogP contribution in [0.2, 0.25) is 10.0 Å². The molecule has 0 saturated carbocycles. The van der Waals surface area contributed by atoms with E-state index in [1.165, 1.54) is 13.2 Å². The molecule has 1 unspecified atom stereocenters. The molecule has 0 N–H and O–H groups in total. The van der Waals surface area contributed by atoms with Gasteiger partial charge in [-0.15, -0.1) is 0 Å². The topological polar surface area (TPSA) is 35.5 Å². The summed E-state index contributed by atoms with van der Waals surface area (Å²) in [5.74, 6) is -0.186. The fourth-order valence-electron chi connectivity index (χ4n) is 0.823. The van der Waals surface area contributed by atoms with E-state index in [9.17, 15) is 4.79 Å². The summed E-state index contributed by atoms with van der Waals surface area (Å²) in [4.78, 5) is 11.0. The predicted molar refractivity (Wildman–Crippen MR) is 61.8 cm³/mol. The SMILES string of the molecule is COC(=O)C(Br)Oc1ccc(Cl)cc1Cl. The van der Waals surface area contributed by atoms with Crippen LogP contribution in [-0.2, 0) is 9.53 Å². The lowest BCUT2D eigenvalue weighted by Gasteiger charge is -2.11. The van der Waals surface area contributed by atoms with Gasteiger partial charge in [0.15, 0.2) is 0 Å². The van der Waals surface area contributed by atoms with Gasteiger partial charge in [-0.3, -0.25) is 0 Å². The van der Waals surface area contributed by atoms with Crippen molar-refractivity contribution < 1.29 is 14.3 Å². The molecular formula is C9H7BrCl2O3. The molecule has 0 saturated heterocycles. The highest BCUT2D eigenvalue weighted by Gasteiger charge is 2.18. The molecule has 0 aliphatic rings. The lowest BCUT2D eigenvalue weighted by atomic mass is 10.3. The number of methoxy groups -OCH3 is 1. The molecule has 0 spiro atoms. The van der Waals surface area contributed by atoms with Crippen molar-refractivity contribution in [3.05, 3.63) is 28.2 Å². The smallest absolute Gasteiger partial charge is 0.358 e. The van der Waals surface area contributed by atoms with Crippen LogP contribution < -0.4 is 4.74 Å². The molecule has 0 aromatic heterocycles. The Balaban J connectivity index is 2.76. The summed E-state index contributed by atoms with van der Waals surface area (Å²) in [6.45, 7) is 0. The second-order valence-corrected chi connectivity index (χ2v) is 4.21. The van der Waals surface area contributed by atoms with E-state index in [1.54, 1.807) is 12.1 Å². The largest absolute Gasteiger partial charge is 0.466 e. The third-order valence-electron chi connectivity index (χ3n) is 1.51. The predicted octanol–water partition coefficient (Wildman–Crippen LogP) is 3.27. The first-order chi connectivity index (χ1) is 7.04. The summed E-state index contributed by atoms with van der Waals surface area (Å²) in [5, 5.41) is -0.0615. The molecule has 0 fully saturated rings. The van der Waals surface area contributed by atoms with Crippen LogP contribution >= 0.6 is 39.1 Å². The molecule has 1 aromatic carbocycles. The zero-order chi connectivity index (χ0) is 11.4. The Labute approximate surface area is 105 Å². The molecule has 0 aliphatic heterocycles. The Morgan fingerprint density at radius 3 is 2.67 bits per heavy atom. The van der Waals surface area contributed by atoms with E-state index in [0.29, 0.717) is 15.8 Å². The van der Waals surface area contributed by atoms with Crippen molar-refractivity contribution in [3.63, 3.8) is 0 Å².